The number of carbonyl (C=O) groups excluding carboxylic acids is 2. The van der Waals surface area contributed by atoms with E-state index in [2.05, 4.69) is 16.1 Å². The summed E-state index contributed by atoms with van der Waals surface area (Å²) < 4.78 is 9.01. The molecule has 5 heteroatoms. The summed E-state index contributed by atoms with van der Waals surface area (Å²) >= 11 is 5.77. The Bertz CT molecular complexity index is 439. The topological polar surface area (TPSA) is 52.6 Å². The molecule has 0 N–H and O–H groups in total. The minimum Gasteiger partial charge on any atom is -0.463 e. The Kier molecular flexibility index (Phi) is 4.08. The molecule has 0 spiro atoms. The highest BCUT2D eigenvalue weighted by atomic mass is 35.5. The molecule has 0 saturated carbocycles. The van der Waals surface area contributed by atoms with Gasteiger partial charge in [-0.25, -0.2) is 9.59 Å². The Morgan fingerprint density at radius 1 is 1.31 bits per heavy atom. The van der Waals surface area contributed by atoms with Gasteiger partial charge in [0.2, 0.25) is 5.76 Å². The van der Waals surface area contributed by atoms with Crippen molar-refractivity contribution in [1.82, 2.24) is 0 Å². The summed E-state index contributed by atoms with van der Waals surface area (Å²) in [6.07, 6.45) is 0. The van der Waals surface area contributed by atoms with Crippen LogP contribution in [-0.2, 0) is 14.3 Å². The highest BCUT2D eigenvalue weighted by molar-refractivity contribution is 6.33. The summed E-state index contributed by atoms with van der Waals surface area (Å²) in [5.41, 5.74) is 0.161. The van der Waals surface area contributed by atoms with Gasteiger partial charge < -0.3 is 9.47 Å². The first-order valence-electron chi connectivity index (χ1n) is 4.30. The van der Waals surface area contributed by atoms with Crippen LogP contribution in [0, 0.1) is 0 Å². The fourth-order valence-corrected chi connectivity index (χ4v) is 1.16. The van der Waals surface area contributed by atoms with Gasteiger partial charge in [-0.2, -0.15) is 0 Å². The Balaban J connectivity index is 2.78. The van der Waals surface area contributed by atoms with Crippen molar-refractivity contribution in [2.45, 2.75) is 0 Å². The number of esters is 2. The van der Waals surface area contributed by atoms with E-state index in [1.165, 1.54) is 6.07 Å². The normalized spacial score (nSPS) is 9.38. The van der Waals surface area contributed by atoms with Gasteiger partial charge in [-0.05, 0) is 18.7 Å². The van der Waals surface area contributed by atoms with Gasteiger partial charge in [-0.1, -0.05) is 23.7 Å². The highest BCUT2D eigenvalue weighted by Gasteiger charge is 2.16. The fourth-order valence-electron chi connectivity index (χ4n) is 0.949. The van der Waals surface area contributed by atoms with Gasteiger partial charge in [0.05, 0.1) is 17.7 Å². The summed E-state index contributed by atoms with van der Waals surface area (Å²) in [7, 11) is 1.16. The molecule has 84 valence electrons. The zero-order valence-electron chi connectivity index (χ0n) is 8.53. The van der Waals surface area contributed by atoms with Crippen molar-refractivity contribution < 1.29 is 19.1 Å². The SMILES string of the molecule is C=C(OC(=O)c1ccccc1Cl)C(=O)OC. The molecule has 0 heterocycles. The van der Waals surface area contributed by atoms with Crippen molar-refractivity contribution >= 4 is 23.5 Å². The third kappa shape index (κ3) is 2.84. The zero-order chi connectivity index (χ0) is 12.1. The number of halogens is 1. The van der Waals surface area contributed by atoms with E-state index in [1.807, 2.05) is 0 Å². The van der Waals surface area contributed by atoms with Gasteiger partial charge in [0.1, 0.15) is 0 Å². The van der Waals surface area contributed by atoms with Crippen LogP contribution >= 0.6 is 11.6 Å². The van der Waals surface area contributed by atoms with Gasteiger partial charge >= 0.3 is 11.9 Å². The molecular formula is C11H9ClO4. The molecule has 16 heavy (non-hydrogen) atoms. The van der Waals surface area contributed by atoms with Crippen molar-refractivity contribution in [3.05, 3.63) is 47.2 Å². The van der Waals surface area contributed by atoms with Crippen LogP contribution < -0.4 is 0 Å². The van der Waals surface area contributed by atoms with Crippen LogP contribution in [0.1, 0.15) is 10.4 Å². The quantitative estimate of drug-likeness (QED) is 0.462. The molecule has 0 radical (unpaired) electrons. The summed E-state index contributed by atoms with van der Waals surface area (Å²) in [6, 6.07) is 6.33. The lowest BCUT2D eigenvalue weighted by atomic mass is 10.2. The molecule has 0 aromatic heterocycles. The predicted octanol–water partition coefficient (Wildman–Crippen LogP) is 2.18. The van der Waals surface area contributed by atoms with Crippen molar-refractivity contribution in [3.63, 3.8) is 0 Å². The molecular weight excluding hydrogens is 232 g/mol. The maximum absolute atomic E-state index is 11.5. The Labute approximate surface area is 97.4 Å². The second-order valence-electron chi connectivity index (χ2n) is 2.78. The number of hydrogen-bond acceptors (Lipinski definition) is 4. The van der Waals surface area contributed by atoms with Crippen molar-refractivity contribution in [2.75, 3.05) is 7.11 Å². The molecule has 0 unspecified atom stereocenters. The molecule has 0 aliphatic rings. The summed E-state index contributed by atoms with van der Waals surface area (Å²) in [5, 5.41) is 0.241. The average Bonchev–Trinajstić information content (AvgIpc) is 2.28. The van der Waals surface area contributed by atoms with Gasteiger partial charge in [-0.3, -0.25) is 0 Å². The monoisotopic (exact) mass is 240 g/mol. The number of ether oxygens (including phenoxy) is 2. The van der Waals surface area contributed by atoms with E-state index < -0.39 is 11.9 Å². The van der Waals surface area contributed by atoms with E-state index in [9.17, 15) is 9.59 Å². The average molecular weight is 241 g/mol. The molecule has 0 fully saturated rings. The molecule has 1 aromatic carbocycles. The molecule has 0 saturated heterocycles. The minimum atomic E-state index is -0.805. The van der Waals surface area contributed by atoms with Crippen LogP contribution in [0.15, 0.2) is 36.6 Å². The van der Waals surface area contributed by atoms with Crippen LogP contribution in [0.25, 0.3) is 0 Å². The van der Waals surface area contributed by atoms with E-state index in [0.29, 0.717) is 0 Å². The van der Waals surface area contributed by atoms with Crippen LogP contribution in [-0.4, -0.2) is 19.0 Å². The summed E-state index contributed by atoms with van der Waals surface area (Å²) in [6.45, 7) is 3.26. The van der Waals surface area contributed by atoms with Crippen molar-refractivity contribution in [1.29, 1.82) is 0 Å². The highest BCUT2D eigenvalue weighted by Crippen LogP contribution is 2.17. The lowest BCUT2D eigenvalue weighted by Crippen LogP contribution is -2.12. The van der Waals surface area contributed by atoms with Crippen molar-refractivity contribution in [3.8, 4) is 0 Å². The molecule has 0 atom stereocenters. The molecule has 0 bridgehead atoms. The molecule has 1 aromatic rings. The van der Waals surface area contributed by atoms with Crippen LogP contribution in [0.5, 0.6) is 0 Å². The zero-order valence-corrected chi connectivity index (χ0v) is 9.28. The summed E-state index contributed by atoms with van der Waals surface area (Å²) in [4.78, 5) is 22.5. The number of methoxy groups -OCH3 is 1. The lowest BCUT2D eigenvalue weighted by Gasteiger charge is -2.06. The molecule has 4 nitrogen and oxygen atoms in total. The molecule has 0 aliphatic heterocycles. The predicted molar refractivity (Wildman–Crippen MR) is 58.0 cm³/mol. The fraction of sp³-hybridized carbons (Fsp3) is 0.0909. The Hall–Kier alpha value is -1.81. The van der Waals surface area contributed by atoms with E-state index in [0.717, 1.165) is 7.11 Å². The van der Waals surface area contributed by atoms with E-state index in [-0.39, 0.29) is 16.3 Å². The standard InChI is InChI=1S/C11H9ClO4/c1-7(10(13)15-2)16-11(14)8-5-3-4-6-9(8)12/h3-6H,1H2,2H3. The maximum Gasteiger partial charge on any atom is 0.373 e. The molecule has 0 aliphatic carbocycles. The van der Waals surface area contributed by atoms with E-state index in [1.54, 1.807) is 18.2 Å². The Morgan fingerprint density at radius 3 is 2.50 bits per heavy atom. The number of hydrogen-bond donors (Lipinski definition) is 0. The van der Waals surface area contributed by atoms with Gasteiger partial charge in [0.15, 0.2) is 0 Å². The third-order valence-electron chi connectivity index (χ3n) is 1.72. The van der Waals surface area contributed by atoms with Crippen LogP contribution in [0.4, 0.5) is 0 Å². The second kappa shape index (κ2) is 5.32. The van der Waals surface area contributed by atoms with Gasteiger partial charge in [0, 0.05) is 0 Å². The van der Waals surface area contributed by atoms with Crippen LogP contribution in [0.3, 0.4) is 0 Å². The largest absolute Gasteiger partial charge is 0.463 e. The maximum atomic E-state index is 11.5. The molecule has 0 amide bonds. The lowest BCUT2D eigenvalue weighted by molar-refractivity contribution is -0.139. The third-order valence-corrected chi connectivity index (χ3v) is 2.05. The first kappa shape index (κ1) is 12.3. The van der Waals surface area contributed by atoms with Crippen molar-refractivity contribution in [2.24, 2.45) is 0 Å². The number of carbonyl (C=O) groups is 2. The summed E-state index contributed by atoms with van der Waals surface area (Å²) in [5.74, 6) is -1.94. The van der Waals surface area contributed by atoms with Gasteiger partial charge in [-0.15, -0.1) is 0 Å². The second-order valence-corrected chi connectivity index (χ2v) is 3.19. The first-order chi connectivity index (χ1) is 7.56. The smallest absolute Gasteiger partial charge is 0.373 e. The van der Waals surface area contributed by atoms with Crippen LogP contribution in [0.2, 0.25) is 5.02 Å². The van der Waals surface area contributed by atoms with E-state index >= 15 is 0 Å². The number of benzene rings is 1. The van der Waals surface area contributed by atoms with Gasteiger partial charge in [0.25, 0.3) is 0 Å². The van der Waals surface area contributed by atoms with E-state index in [4.69, 9.17) is 11.6 Å². The molecule has 1 rings (SSSR count). The first-order valence-corrected chi connectivity index (χ1v) is 4.68. The Morgan fingerprint density at radius 2 is 1.94 bits per heavy atom. The minimum absolute atomic E-state index is 0.161. The number of rotatable bonds is 3.